The summed E-state index contributed by atoms with van der Waals surface area (Å²) in [4.78, 5) is 0. The van der Waals surface area contributed by atoms with Crippen molar-refractivity contribution in [3.8, 4) is 0 Å². The summed E-state index contributed by atoms with van der Waals surface area (Å²) < 4.78 is 0. The zero-order chi connectivity index (χ0) is 16.8. The second kappa shape index (κ2) is 5.94. The lowest BCUT2D eigenvalue weighted by atomic mass is 9.48. The highest BCUT2D eigenvalue weighted by atomic mass is 14.6. The Bertz CT molecular complexity index is 567. The van der Waals surface area contributed by atoms with Crippen LogP contribution in [0.2, 0.25) is 0 Å². The molecular weight excluding hydrogens is 276 g/mol. The summed E-state index contributed by atoms with van der Waals surface area (Å²) in [5.74, 6) is 2.32. The summed E-state index contributed by atoms with van der Waals surface area (Å²) in [6.07, 6.45) is 8.32. The van der Waals surface area contributed by atoms with Gasteiger partial charge in [-0.2, -0.15) is 0 Å². The van der Waals surface area contributed by atoms with Crippen LogP contribution in [0.15, 0.2) is 18.2 Å². The number of rotatable bonds is 3. The van der Waals surface area contributed by atoms with E-state index in [4.69, 9.17) is 0 Å². The molecule has 3 atom stereocenters. The van der Waals surface area contributed by atoms with Crippen LogP contribution in [0.4, 0.5) is 0 Å². The van der Waals surface area contributed by atoms with E-state index in [2.05, 4.69) is 59.7 Å². The third-order valence-electron chi connectivity index (χ3n) is 7.04. The third kappa shape index (κ3) is 2.87. The zero-order valence-corrected chi connectivity index (χ0v) is 16.2. The van der Waals surface area contributed by atoms with Gasteiger partial charge in [-0.05, 0) is 77.4 Å². The average Bonchev–Trinajstić information content (AvgIpc) is 2.45. The third-order valence-corrected chi connectivity index (χ3v) is 7.04. The van der Waals surface area contributed by atoms with Gasteiger partial charge in [0.25, 0.3) is 0 Å². The second-order valence-electron chi connectivity index (χ2n) is 9.69. The molecule has 1 aromatic rings. The largest absolute Gasteiger partial charge is 0.0628 e. The maximum absolute atomic E-state index is 2.60. The van der Waals surface area contributed by atoms with Crippen LogP contribution in [-0.2, 0) is 11.8 Å². The molecule has 0 bridgehead atoms. The summed E-state index contributed by atoms with van der Waals surface area (Å²) in [6, 6.07) is 7.43. The van der Waals surface area contributed by atoms with Crippen molar-refractivity contribution < 1.29 is 0 Å². The molecule has 3 rings (SSSR count). The lowest BCUT2D eigenvalue weighted by Crippen LogP contribution is -2.49. The highest BCUT2D eigenvalue weighted by Gasteiger charge is 2.51. The average molecular weight is 313 g/mol. The molecule has 0 unspecified atom stereocenters. The number of fused-ring (bicyclic) bond motifs is 3. The van der Waals surface area contributed by atoms with Crippen LogP contribution in [0, 0.1) is 17.3 Å². The maximum Gasteiger partial charge on any atom is -0.00390 e. The van der Waals surface area contributed by atoms with E-state index in [0.29, 0.717) is 16.7 Å². The lowest BCUT2D eigenvalue weighted by molar-refractivity contribution is 0.00955. The molecule has 0 heteroatoms. The molecule has 0 amide bonds. The standard InChI is InChI=1S/C23H36/c1-16(2)15-22(5)12-7-13-23(6)20-10-8-18(17(3)4)14-19(20)9-11-21(22)23/h8,10,14,16-17,21H,7,9,11-13,15H2,1-6H3/t21-,22-,23+/m1/s1. The van der Waals surface area contributed by atoms with E-state index in [1.807, 2.05) is 0 Å². The van der Waals surface area contributed by atoms with Gasteiger partial charge in [0.05, 0.1) is 0 Å². The minimum atomic E-state index is 0.408. The Labute approximate surface area is 144 Å². The topological polar surface area (TPSA) is 0 Å². The fourth-order valence-corrected chi connectivity index (χ4v) is 6.18. The second-order valence-corrected chi connectivity index (χ2v) is 9.69. The maximum atomic E-state index is 2.60. The molecule has 0 saturated heterocycles. The minimum absolute atomic E-state index is 0.408. The van der Waals surface area contributed by atoms with Crippen LogP contribution in [0.25, 0.3) is 0 Å². The molecule has 0 nitrogen and oxygen atoms in total. The molecule has 128 valence electrons. The smallest absolute Gasteiger partial charge is 0.00390 e. The molecule has 1 aromatic carbocycles. The van der Waals surface area contributed by atoms with E-state index in [1.165, 1.54) is 44.1 Å². The van der Waals surface area contributed by atoms with Crippen molar-refractivity contribution in [3.63, 3.8) is 0 Å². The summed E-state index contributed by atoms with van der Waals surface area (Å²) in [5, 5.41) is 0. The number of hydrogen-bond acceptors (Lipinski definition) is 0. The van der Waals surface area contributed by atoms with Gasteiger partial charge in [0.1, 0.15) is 0 Å². The Balaban J connectivity index is 2.00. The summed E-state index contributed by atoms with van der Waals surface area (Å²) in [6.45, 7) is 14.6. The van der Waals surface area contributed by atoms with Gasteiger partial charge in [-0.15, -0.1) is 0 Å². The number of hydrogen-bond donors (Lipinski definition) is 0. The van der Waals surface area contributed by atoms with E-state index in [9.17, 15) is 0 Å². The Kier molecular flexibility index (Phi) is 4.40. The van der Waals surface area contributed by atoms with Crippen molar-refractivity contribution in [2.24, 2.45) is 17.3 Å². The van der Waals surface area contributed by atoms with Crippen molar-refractivity contribution in [1.29, 1.82) is 0 Å². The predicted molar refractivity (Wildman–Crippen MR) is 101 cm³/mol. The van der Waals surface area contributed by atoms with Crippen LogP contribution < -0.4 is 0 Å². The van der Waals surface area contributed by atoms with Gasteiger partial charge in [-0.3, -0.25) is 0 Å². The first-order valence-electron chi connectivity index (χ1n) is 9.89. The predicted octanol–water partition coefficient (Wildman–Crippen LogP) is 6.87. The molecule has 0 aromatic heterocycles. The molecule has 0 heterocycles. The van der Waals surface area contributed by atoms with Gasteiger partial charge in [0.15, 0.2) is 0 Å². The Morgan fingerprint density at radius 3 is 2.48 bits per heavy atom. The van der Waals surface area contributed by atoms with E-state index < -0.39 is 0 Å². The Morgan fingerprint density at radius 1 is 1.09 bits per heavy atom. The molecule has 1 fully saturated rings. The first kappa shape index (κ1) is 17.1. The monoisotopic (exact) mass is 312 g/mol. The van der Waals surface area contributed by atoms with Crippen LogP contribution in [0.3, 0.4) is 0 Å². The van der Waals surface area contributed by atoms with Crippen LogP contribution in [0.1, 0.15) is 96.3 Å². The van der Waals surface area contributed by atoms with Crippen molar-refractivity contribution in [2.45, 2.75) is 91.4 Å². The van der Waals surface area contributed by atoms with E-state index in [-0.39, 0.29) is 0 Å². The van der Waals surface area contributed by atoms with E-state index in [1.54, 1.807) is 11.1 Å². The molecule has 0 aliphatic heterocycles. The molecule has 23 heavy (non-hydrogen) atoms. The summed E-state index contributed by atoms with van der Waals surface area (Å²) in [5.41, 5.74) is 5.81. The van der Waals surface area contributed by atoms with Crippen molar-refractivity contribution in [3.05, 3.63) is 34.9 Å². The van der Waals surface area contributed by atoms with E-state index >= 15 is 0 Å². The van der Waals surface area contributed by atoms with E-state index in [0.717, 1.165) is 11.8 Å². The zero-order valence-electron chi connectivity index (χ0n) is 16.2. The summed E-state index contributed by atoms with van der Waals surface area (Å²) >= 11 is 0. The van der Waals surface area contributed by atoms with Crippen molar-refractivity contribution in [2.75, 3.05) is 0 Å². The van der Waals surface area contributed by atoms with Crippen molar-refractivity contribution >= 4 is 0 Å². The molecule has 2 aliphatic carbocycles. The van der Waals surface area contributed by atoms with Crippen LogP contribution in [0.5, 0.6) is 0 Å². The molecule has 1 saturated carbocycles. The molecule has 0 N–H and O–H groups in total. The van der Waals surface area contributed by atoms with Gasteiger partial charge in [-0.1, -0.05) is 66.2 Å². The van der Waals surface area contributed by atoms with Gasteiger partial charge in [0, 0.05) is 0 Å². The van der Waals surface area contributed by atoms with Gasteiger partial charge in [0.2, 0.25) is 0 Å². The molecule has 0 radical (unpaired) electrons. The highest BCUT2D eigenvalue weighted by molar-refractivity contribution is 5.42. The fourth-order valence-electron chi connectivity index (χ4n) is 6.18. The Morgan fingerprint density at radius 2 is 1.83 bits per heavy atom. The Hall–Kier alpha value is -0.780. The first-order valence-corrected chi connectivity index (χ1v) is 9.89. The minimum Gasteiger partial charge on any atom is -0.0628 e. The number of benzene rings is 1. The van der Waals surface area contributed by atoms with Gasteiger partial charge >= 0.3 is 0 Å². The van der Waals surface area contributed by atoms with Crippen molar-refractivity contribution in [1.82, 2.24) is 0 Å². The molecule has 0 spiro atoms. The number of aryl methyl sites for hydroxylation is 1. The first-order chi connectivity index (χ1) is 10.8. The van der Waals surface area contributed by atoms with Crippen LogP contribution >= 0.6 is 0 Å². The van der Waals surface area contributed by atoms with Gasteiger partial charge < -0.3 is 0 Å². The van der Waals surface area contributed by atoms with Gasteiger partial charge in [-0.25, -0.2) is 0 Å². The van der Waals surface area contributed by atoms with Crippen LogP contribution in [-0.4, -0.2) is 0 Å². The molecular formula is C23H36. The highest BCUT2D eigenvalue weighted by Crippen LogP contribution is 2.59. The quantitative estimate of drug-likeness (QED) is 0.571. The summed E-state index contributed by atoms with van der Waals surface area (Å²) in [7, 11) is 0. The molecule has 2 aliphatic rings. The fraction of sp³-hybridized carbons (Fsp3) is 0.739. The normalized spacial score (nSPS) is 33.7. The SMILES string of the molecule is CC(C)C[C@@]1(C)CCC[C@@]2(C)c3ccc(C(C)C)cc3CC[C@H]12. The lowest BCUT2D eigenvalue weighted by Gasteiger charge is -2.56.